The number of carbonyl (C=O) groups excluding carboxylic acids is 1. The van der Waals surface area contributed by atoms with Gasteiger partial charge in [-0.15, -0.1) is 11.3 Å². The first-order valence-corrected chi connectivity index (χ1v) is 8.40. The number of hydrogen-bond donors (Lipinski definition) is 2. The molecule has 1 unspecified atom stereocenters. The smallest absolute Gasteiger partial charge is 0.254 e. The SMILES string of the molecule is CCC(CC)C(O)CNC(=O)c1coc(-c2csc(C)n2)c1. The Kier molecular flexibility index (Phi) is 5.74. The van der Waals surface area contributed by atoms with Gasteiger partial charge in [-0.05, 0) is 18.9 Å². The topological polar surface area (TPSA) is 75.4 Å². The van der Waals surface area contributed by atoms with Gasteiger partial charge in [-0.25, -0.2) is 4.98 Å². The van der Waals surface area contributed by atoms with Crippen molar-refractivity contribution in [3.05, 3.63) is 28.3 Å². The molecule has 0 radical (unpaired) electrons. The highest BCUT2D eigenvalue weighted by Gasteiger charge is 2.18. The van der Waals surface area contributed by atoms with Crippen LogP contribution in [0.25, 0.3) is 11.5 Å². The average Bonchev–Trinajstić information content (AvgIpc) is 3.14. The lowest BCUT2D eigenvalue weighted by Gasteiger charge is -2.20. The number of rotatable bonds is 7. The van der Waals surface area contributed by atoms with Crippen LogP contribution in [0.3, 0.4) is 0 Å². The minimum Gasteiger partial charge on any atom is -0.462 e. The molecule has 6 heteroatoms. The molecule has 0 aliphatic rings. The number of hydrogen-bond acceptors (Lipinski definition) is 5. The Balaban J connectivity index is 1.95. The van der Waals surface area contributed by atoms with Crippen molar-refractivity contribution in [1.29, 1.82) is 0 Å². The third kappa shape index (κ3) is 3.96. The van der Waals surface area contributed by atoms with E-state index in [-0.39, 0.29) is 18.4 Å². The number of furan rings is 1. The minimum atomic E-state index is -0.522. The number of aromatic nitrogens is 1. The van der Waals surface area contributed by atoms with Gasteiger partial charge >= 0.3 is 0 Å². The van der Waals surface area contributed by atoms with Crippen LogP contribution in [0, 0.1) is 12.8 Å². The molecule has 0 aliphatic heterocycles. The monoisotopic (exact) mass is 322 g/mol. The fourth-order valence-corrected chi connectivity index (χ4v) is 2.97. The van der Waals surface area contributed by atoms with E-state index in [2.05, 4.69) is 10.3 Å². The number of carbonyl (C=O) groups is 1. The number of aliphatic hydroxyl groups excluding tert-OH is 1. The second kappa shape index (κ2) is 7.56. The van der Waals surface area contributed by atoms with Crippen molar-refractivity contribution in [3.63, 3.8) is 0 Å². The molecule has 2 N–H and O–H groups in total. The highest BCUT2D eigenvalue weighted by Crippen LogP contribution is 2.23. The van der Waals surface area contributed by atoms with E-state index in [9.17, 15) is 9.90 Å². The van der Waals surface area contributed by atoms with Crippen molar-refractivity contribution < 1.29 is 14.3 Å². The van der Waals surface area contributed by atoms with Gasteiger partial charge in [0.05, 0.1) is 16.7 Å². The summed E-state index contributed by atoms with van der Waals surface area (Å²) in [7, 11) is 0. The summed E-state index contributed by atoms with van der Waals surface area (Å²) in [5, 5.41) is 15.6. The number of aliphatic hydroxyl groups is 1. The molecule has 0 saturated carbocycles. The van der Waals surface area contributed by atoms with E-state index in [1.54, 1.807) is 6.07 Å². The van der Waals surface area contributed by atoms with Crippen LogP contribution in [0.15, 0.2) is 22.1 Å². The Bertz CT molecular complexity index is 616. The van der Waals surface area contributed by atoms with Crippen LogP contribution >= 0.6 is 11.3 Å². The van der Waals surface area contributed by atoms with Crippen LogP contribution in [-0.2, 0) is 0 Å². The number of thiazole rings is 1. The van der Waals surface area contributed by atoms with Crippen LogP contribution in [-0.4, -0.2) is 28.6 Å². The molecule has 0 saturated heterocycles. The Hall–Kier alpha value is -1.66. The second-order valence-corrected chi connectivity index (χ2v) is 6.37. The maximum Gasteiger partial charge on any atom is 0.254 e. The van der Waals surface area contributed by atoms with Gasteiger partial charge in [-0.1, -0.05) is 26.7 Å². The Labute approximate surface area is 134 Å². The van der Waals surface area contributed by atoms with Crippen LogP contribution in [0.1, 0.15) is 42.1 Å². The quantitative estimate of drug-likeness (QED) is 0.820. The van der Waals surface area contributed by atoms with Crippen LogP contribution in [0.2, 0.25) is 0 Å². The van der Waals surface area contributed by atoms with Crippen LogP contribution in [0.4, 0.5) is 0 Å². The lowest BCUT2D eigenvalue weighted by Crippen LogP contribution is -2.35. The lowest BCUT2D eigenvalue weighted by molar-refractivity contribution is 0.0816. The van der Waals surface area contributed by atoms with Crippen molar-refractivity contribution in [3.8, 4) is 11.5 Å². The zero-order valence-corrected chi connectivity index (χ0v) is 13.9. The molecule has 22 heavy (non-hydrogen) atoms. The van der Waals surface area contributed by atoms with Crippen LogP contribution in [0.5, 0.6) is 0 Å². The Morgan fingerprint density at radius 1 is 1.45 bits per heavy atom. The standard InChI is InChI=1S/C16H22N2O3S/c1-4-11(5-2)14(19)7-17-16(20)12-6-15(21-8-12)13-9-22-10(3)18-13/h6,8-9,11,14,19H,4-5,7H2,1-3H3,(H,17,20). The fraction of sp³-hybridized carbons (Fsp3) is 0.500. The normalized spacial score (nSPS) is 12.6. The lowest BCUT2D eigenvalue weighted by atomic mass is 9.96. The van der Waals surface area contributed by atoms with E-state index in [1.807, 2.05) is 26.2 Å². The number of nitrogens with zero attached hydrogens (tertiary/aromatic N) is 1. The summed E-state index contributed by atoms with van der Waals surface area (Å²) in [4.78, 5) is 16.4. The molecule has 0 spiro atoms. The molecular formula is C16H22N2O3S. The maximum absolute atomic E-state index is 12.1. The molecule has 2 heterocycles. The summed E-state index contributed by atoms with van der Waals surface area (Å²) in [6.45, 7) is 6.25. The van der Waals surface area contributed by atoms with E-state index in [1.165, 1.54) is 17.6 Å². The zero-order chi connectivity index (χ0) is 16.1. The van der Waals surface area contributed by atoms with Gasteiger partial charge in [-0.2, -0.15) is 0 Å². The summed E-state index contributed by atoms with van der Waals surface area (Å²) in [6.07, 6.45) is 2.69. The Morgan fingerprint density at radius 2 is 2.18 bits per heavy atom. The molecular weight excluding hydrogens is 300 g/mol. The van der Waals surface area contributed by atoms with Gasteiger partial charge in [0.1, 0.15) is 12.0 Å². The number of amides is 1. The van der Waals surface area contributed by atoms with E-state index < -0.39 is 6.10 Å². The molecule has 2 rings (SSSR count). The van der Waals surface area contributed by atoms with Crippen molar-refractivity contribution in [2.45, 2.75) is 39.7 Å². The van der Waals surface area contributed by atoms with Crippen LogP contribution < -0.4 is 5.32 Å². The third-order valence-electron chi connectivity index (χ3n) is 3.80. The summed E-state index contributed by atoms with van der Waals surface area (Å²) >= 11 is 1.53. The van der Waals surface area contributed by atoms with Crippen molar-refractivity contribution >= 4 is 17.2 Å². The van der Waals surface area contributed by atoms with Gasteiger partial charge in [0.15, 0.2) is 5.76 Å². The molecule has 1 atom stereocenters. The van der Waals surface area contributed by atoms with Crippen molar-refractivity contribution in [1.82, 2.24) is 10.3 Å². The molecule has 5 nitrogen and oxygen atoms in total. The zero-order valence-electron chi connectivity index (χ0n) is 13.1. The molecule has 2 aromatic heterocycles. The molecule has 120 valence electrons. The summed E-state index contributed by atoms with van der Waals surface area (Å²) in [6, 6.07) is 1.67. The minimum absolute atomic E-state index is 0.207. The molecule has 0 aromatic carbocycles. The molecule has 0 fully saturated rings. The summed E-state index contributed by atoms with van der Waals surface area (Å²) < 4.78 is 5.40. The van der Waals surface area contributed by atoms with Gasteiger partial charge in [-0.3, -0.25) is 4.79 Å². The average molecular weight is 322 g/mol. The highest BCUT2D eigenvalue weighted by molar-refractivity contribution is 7.09. The first-order chi connectivity index (χ1) is 10.5. The van der Waals surface area contributed by atoms with Gasteiger partial charge in [0, 0.05) is 11.9 Å². The molecule has 0 aliphatic carbocycles. The van der Waals surface area contributed by atoms with Crippen molar-refractivity contribution in [2.24, 2.45) is 5.92 Å². The predicted octanol–water partition coefficient (Wildman–Crippen LogP) is 3.24. The first kappa shape index (κ1) is 16.7. The van der Waals surface area contributed by atoms with E-state index in [0.29, 0.717) is 11.3 Å². The first-order valence-electron chi connectivity index (χ1n) is 7.52. The fourth-order valence-electron chi connectivity index (χ4n) is 2.37. The largest absolute Gasteiger partial charge is 0.462 e. The summed E-state index contributed by atoms with van der Waals surface area (Å²) in [5.74, 6) is 0.542. The molecule has 2 aromatic rings. The van der Waals surface area contributed by atoms with Gasteiger partial charge < -0.3 is 14.8 Å². The summed E-state index contributed by atoms with van der Waals surface area (Å²) in [5.41, 5.74) is 1.18. The second-order valence-electron chi connectivity index (χ2n) is 5.31. The highest BCUT2D eigenvalue weighted by atomic mass is 32.1. The Morgan fingerprint density at radius 3 is 2.77 bits per heavy atom. The maximum atomic E-state index is 12.1. The van der Waals surface area contributed by atoms with E-state index >= 15 is 0 Å². The number of aryl methyl sites for hydroxylation is 1. The molecule has 1 amide bonds. The van der Waals surface area contributed by atoms with Gasteiger partial charge in [0.2, 0.25) is 0 Å². The number of nitrogens with one attached hydrogen (secondary N) is 1. The predicted molar refractivity (Wildman–Crippen MR) is 87.0 cm³/mol. The van der Waals surface area contributed by atoms with E-state index in [4.69, 9.17) is 4.42 Å². The van der Waals surface area contributed by atoms with Crippen molar-refractivity contribution in [2.75, 3.05) is 6.54 Å². The van der Waals surface area contributed by atoms with Gasteiger partial charge in [0.25, 0.3) is 5.91 Å². The molecule has 0 bridgehead atoms. The third-order valence-corrected chi connectivity index (χ3v) is 4.57. The van der Waals surface area contributed by atoms with E-state index in [0.717, 1.165) is 23.5 Å².